The molecule has 27 heavy (non-hydrogen) atoms. The number of nitrogens with one attached hydrogen (secondary N) is 3. The Kier molecular flexibility index (Phi) is 5.24. The van der Waals surface area contributed by atoms with Crippen LogP contribution in [-0.2, 0) is 9.59 Å². The first-order valence-electron chi connectivity index (χ1n) is 8.80. The minimum absolute atomic E-state index is 0.00226. The van der Waals surface area contributed by atoms with Crippen molar-refractivity contribution in [3.63, 3.8) is 0 Å². The van der Waals surface area contributed by atoms with Crippen LogP contribution in [0.3, 0.4) is 0 Å². The fourth-order valence-corrected chi connectivity index (χ4v) is 3.45. The summed E-state index contributed by atoms with van der Waals surface area (Å²) < 4.78 is 0. The fraction of sp³-hybridized carbons (Fsp3) is 0.471. The number of imide groups is 1. The van der Waals surface area contributed by atoms with Gasteiger partial charge in [-0.25, -0.2) is 4.79 Å². The van der Waals surface area contributed by atoms with Gasteiger partial charge in [-0.2, -0.15) is 0 Å². The molecule has 10 heteroatoms. The number of hydrogen-bond donors (Lipinski definition) is 3. The highest BCUT2D eigenvalue weighted by atomic mass is 16.6. The molecule has 0 unspecified atom stereocenters. The number of carbonyl (C=O) groups is 3. The fourth-order valence-electron chi connectivity index (χ4n) is 3.45. The maximum Gasteiger partial charge on any atom is 0.325 e. The monoisotopic (exact) mass is 375 g/mol. The van der Waals surface area contributed by atoms with E-state index in [2.05, 4.69) is 16.0 Å². The lowest BCUT2D eigenvalue weighted by atomic mass is 9.98. The Morgan fingerprint density at radius 3 is 2.48 bits per heavy atom. The van der Waals surface area contributed by atoms with Gasteiger partial charge in [-0.15, -0.1) is 0 Å². The molecule has 1 heterocycles. The Morgan fingerprint density at radius 1 is 1.19 bits per heavy atom. The standard InChI is InChI=1S/C17H21N5O5/c23-14(11-21-15(24)17(20-16(21)25)7-1-2-8-17)19-10-9-18-12-3-5-13(6-4-12)22(26)27/h3-6,18H,1-2,7-11H2,(H,19,23)(H,20,25). The zero-order valence-electron chi connectivity index (χ0n) is 14.7. The number of nitro groups is 1. The Bertz CT molecular complexity index is 757. The molecule has 2 fully saturated rings. The molecule has 10 nitrogen and oxygen atoms in total. The molecule has 0 bridgehead atoms. The first-order chi connectivity index (χ1) is 12.9. The molecule has 1 aliphatic carbocycles. The van der Waals surface area contributed by atoms with Crippen LogP contribution in [0, 0.1) is 10.1 Å². The zero-order valence-corrected chi connectivity index (χ0v) is 14.7. The van der Waals surface area contributed by atoms with Gasteiger partial charge in [0.05, 0.1) is 4.92 Å². The van der Waals surface area contributed by atoms with Gasteiger partial charge in [0.1, 0.15) is 12.1 Å². The van der Waals surface area contributed by atoms with Crippen molar-refractivity contribution in [2.24, 2.45) is 0 Å². The molecule has 144 valence electrons. The van der Waals surface area contributed by atoms with Gasteiger partial charge in [0, 0.05) is 30.9 Å². The molecule has 1 aliphatic heterocycles. The van der Waals surface area contributed by atoms with Crippen LogP contribution in [0.25, 0.3) is 0 Å². The highest BCUT2D eigenvalue weighted by Crippen LogP contribution is 2.34. The van der Waals surface area contributed by atoms with Crippen molar-refractivity contribution in [3.8, 4) is 0 Å². The van der Waals surface area contributed by atoms with E-state index in [-0.39, 0.29) is 24.7 Å². The Labute approximate surface area is 155 Å². The van der Waals surface area contributed by atoms with Gasteiger partial charge in [0.15, 0.2) is 0 Å². The van der Waals surface area contributed by atoms with E-state index in [1.165, 1.54) is 12.1 Å². The minimum atomic E-state index is -0.811. The second-order valence-corrected chi connectivity index (χ2v) is 6.69. The molecule has 0 radical (unpaired) electrons. The van der Waals surface area contributed by atoms with Crippen molar-refractivity contribution < 1.29 is 19.3 Å². The van der Waals surface area contributed by atoms with Crippen LogP contribution in [0.4, 0.5) is 16.2 Å². The molecule has 1 spiro atoms. The number of anilines is 1. The van der Waals surface area contributed by atoms with Crippen LogP contribution in [-0.4, -0.2) is 52.8 Å². The number of benzene rings is 1. The summed E-state index contributed by atoms with van der Waals surface area (Å²) in [5, 5.41) is 19.0. The van der Waals surface area contributed by atoms with Crippen LogP contribution < -0.4 is 16.0 Å². The lowest BCUT2D eigenvalue weighted by Crippen LogP contribution is -2.45. The maximum atomic E-state index is 12.5. The minimum Gasteiger partial charge on any atom is -0.383 e. The van der Waals surface area contributed by atoms with Crippen molar-refractivity contribution >= 4 is 29.2 Å². The van der Waals surface area contributed by atoms with E-state index in [0.717, 1.165) is 17.7 Å². The van der Waals surface area contributed by atoms with E-state index in [9.17, 15) is 24.5 Å². The van der Waals surface area contributed by atoms with Crippen LogP contribution in [0.15, 0.2) is 24.3 Å². The highest BCUT2D eigenvalue weighted by molar-refractivity contribution is 6.09. The first-order valence-corrected chi connectivity index (χ1v) is 8.80. The number of rotatable bonds is 7. The third-order valence-electron chi connectivity index (χ3n) is 4.86. The smallest absolute Gasteiger partial charge is 0.325 e. The molecule has 3 rings (SSSR count). The van der Waals surface area contributed by atoms with Crippen molar-refractivity contribution in [1.29, 1.82) is 0 Å². The quantitative estimate of drug-likeness (QED) is 0.282. The molecule has 0 aromatic heterocycles. The number of nitro benzene ring substituents is 1. The number of hydrogen-bond acceptors (Lipinski definition) is 6. The normalized spacial score (nSPS) is 17.9. The van der Waals surface area contributed by atoms with E-state index in [1.54, 1.807) is 12.1 Å². The Hall–Kier alpha value is -3.17. The van der Waals surface area contributed by atoms with Crippen LogP contribution in [0.1, 0.15) is 25.7 Å². The largest absolute Gasteiger partial charge is 0.383 e. The summed E-state index contributed by atoms with van der Waals surface area (Å²) in [6.07, 6.45) is 3.02. The average Bonchev–Trinajstić information content (AvgIpc) is 3.20. The highest BCUT2D eigenvalue weighted by Gasteiger charge is 2.52. The van der Waals surface area contributed by atoms with E-state index in [4.69, 9.17) is 0 Å². The van der Waals surface area contributed by atoms with E-state index in [1.807, 2.05) is 0 Å². The summed E-state index contributed by atoms with van der Waals surface area (Å²) in [6, 6.07) is 5.41. The molecule has 1 aromatic carbocycles. The number of amides is 4. The van der Waals surface area contributed by atoms with Gasteiger partial charge >= 0.3 is 6.03 Å². The lowest BCUT2D eigenvalue weighted by molar-refractivity contribution is -0.384. The lowest BCUT2D eigenvalue weighted by Gasteiger charge is -2.19. The summed E-state index contributed by atoms with van der Waals surface area (Å²) >= 11 is 0. The Morgan fingerprint density at radius 2 is 1.85 bits per heavy atom. The van der Waals surface area contributed by atoms with Gasteiger partial charge in [-0.05, 0) is 25.0 Å². The van der Waals surface area contributed by atoms with Gasteiger partial charge < -0.3 is 16.0 Å². The SMILES string of the molecule is O=C(CN1C(=O)NC2(CCCC2)C1=O)NCCNc1ccc([N+](=O)[O-])cc1. The first kappa shape index (κ1) is 18.6. The number of non-ortho nitro benzene ring substituents is 1. The third kappa shape index (κ3) is 3.99. The van der Waals surface area contributed by atoms with Crippen LogP contribution in [0.2, 0.25) is 0 Å². The van der Waals surface area contributed by atoms with Gasteiger partial charge in [-0.3, -0.25) is 24.6 Å². The van der Waals surface area contributed by atoms with Crippen molar-refractivity contribution in [2.45, 2.75) is 31.2 Å². The van der Waals surface area contributed by atoms with E-state index < -0.39 is 22.4 Å². The molecule has 2 aliphatic rings. The van der Waals surface area contributed by atoms with Crippen LogP contribution >= 0.6 is 0 Å². The van der Waals surface area contributed by atoms with Gasteiger partial charge in [0.2, 0.25) is 5.91 Å². The third-order valence-corrected chi connectivity index (χ3v) is 4.86. The number of nitrogens with zero attached hydrogens (tertiary/aromatic N) is 2. The summed E-state index contributed by atoms with van der Waals surface area (Å²) in [6.45, 7) is 0.377. The molecular weight excluding hydrogens is 354 g/mol. The van der Waals surface area contributed by atoms with Gasteiger partial charge in [-0.1, -0.05) is 12.8 Å². The summed E-state index contributed by atoms with van der Waals surface area (Å²) in [5.74, 6) is -0.733. The molecule has 1 saturated carbocycles. The second-order valence-electron chi connectivity index (χ2n) is 6.69. The zero-order chi connectivity index (χ0) is 19.4. The molecule has 1 aromatic rings. The summed E-state index contributed by atoms with van der Waals surface area (Å²) in [7, 11) is 0. The topological polar surface area (TPSA) is 134 Å². The average molecular weight is 375 g/mol. The van der Waals surface area contributed by atoms with E-state index >= 15 is 0 Å². The maximum absolute atomic E-state index is 12.5. The van der Waals surface area contributed by atoms with Gasteiger partial charge in [0.25, 0.3) is 11.6 Å². The molecule has 1 saturated heterocycles. The summed E-state index contributed by atoms with van der Waals surface area (Å²) in [5.41, 5.74) is -0.121. The van der Waals surface area contributed by atoms with Crippen molar-refractivity contribution in [1.82, 2.24) is 15.5 Å². The molecule has 4 amide bonds. The number of urea groups is 1. The van der Waals surface area contributed by atoms with Crippen molar-refractivity contribution in [3.05, 3.63) is 34.4 Å². The predicted molar refractivity (Wildman–Crippen MR) is 96.0 cm³/mol. The Balaban J connectivity index is 1.41. The predicted octanol–water partition coefficient (Wildman–Crippen LogP) is 0.987. The molecular formula is C17H21N5O5. The van der Waals surface area contributed by atoms with E-state index in [0.29, 0.717) is 25.1 Å². The number of carbonyl (C=O) groups excluding carboxylic acids is 3. The van der Waals surface area contributed by atoms with Crippen LogP contribution in [0.5, 0.6) is 0 Å². The molecule has 0 atom stereocenters. The molecule has 3 N–H and O–H groups in total. The van der Waals surface area contributed by atoms with Crippen molar-refractivity contribution in [2.75, 3.05) is 25.0 Å². The summed E-state index contributed by atoms with van der Waals surface area (Å²) in [4.78, 5) is 47.6. The second kappa shape index (κ2) is 7.60.